The standard InChI is InChI=1S/C8H10N2O5S/c1-2-5(8(14)15)16-7(10-2)4(12)3(11)6(9)13/h3-4,11-12H,1H3,(H2,9,13)(H,14,15). The number of nitrogens with two attached hydrogens (primary N) is 1. The second kappa shape index (κ2) is 4.56. The summed E-state index contributed by atoms with van der Waals surface area (Å²) in [6.45, 7) is 1.45. The van der Waals surface area contributed by atoms with E-state index in [4.69, 9.17) is 10.8 Å². The Labute approximate surface area is 94.2 Å². The number of rotatable bonds is 4. The SMILES string of the molecule is Cc1nc(C(O)C(O)C(N)=O)sc1C(=O)O. The van der Waals surface area contributed by atoms with E-state index in [0.29, 0.717) is 11.3 Å². The van der Waals surface area contributed by atoms with Crippen LogP contribution < -0.4 is 5.73 Å². The fraction of sp³-hybridized carbons (Fsp3) is 0.375. The van der Waals surface area contributed by atoms with Crippen molar-refractivity contribution in [2.75, 3.05) is 0 Å². The summed E-state index contributed by atoms with van der Waals surface area (Å²) in [7, 11) is 0. The van der Waals surface area contributed by atoms with Gasteiger partial charge in [0.05, 0.1) is 5.69 Å². The molecule has 0 saturated carbocycles. The maximum absolute atomic E-state index is 10.7. The Balaban J connectivity index is 3.01. The molecule has 1 heterocycles. The van der Waals surface area contributed by atoms with Crippen LogP contribution in [0.5, 0.6) is 0 Å². The molecule has 1 aromatic rings. The maximum Gasteiger partial charge on any atom is 0.347 e. The van der Waals surface area contributed by atoms with Gasteiger partial charge in [0.2, 0.25) is 5.91 Å². The van der Waals surface area contributed by atoms with Gasteiger partial charge in [-0.1, -0.05) is 0 Å². The van der Waals surface area contributed by atoms with Crippen molar-refractivity contribution in [1.82, 2.24) is 4.98 Å². The first kappa shape index (κ1) is 12.6. The van der Waals surface area contributed by atoms with E-state index in [2.05, 4.69) is 4.98 Å². The maximum atomic E-state index is 10.7. The van der Waals surface area contributed by atoms with Crippen molar-refractivity contribution in [3.8, 4) is 0 Å². The van der Waals surface area contributed by atoms with Crippen molar-refractivity contribution in [2.45, 2.75) is 19.1 Å². The lowest BCUT2D eigenvalue weighted by Gasteiger charge is -2.11. The minimum Gasteiger partial charge on any atom is -0.477 e. The molecule has 1 rings (SSSR count). The highest BCUT2D eigenvalue weighted by Gasteiger charge is 2.28. The van der Waals surface area contributed by atoms with Crippen molar-refractivity contribution in [3.63, 3.8) is 0 Å². The zero-order valence-electron chi connectivity index (χ0n) is 8.25. The Kier molecular flexibility index (Phi) is 3.58. The number of aryl methyl sites for hydroxylation is 1. The van der Waals surface area contributed by atoms with Crippen LogP contribution in [0.2, 0.25) is 0 Å². The van der Waals surface area contributed by atoms with Gasteiger partial charge in [-0.3, -0.25) is 4.79 Å². The van der Waals surface area contributed by atoms with Crippen molar-refractivity contribution < 1.29 is 24.9 Å². The summed E-state index contributed by atoms with van der Waals surface area (Å²) in [6, 6.07) is 0. The zero-order chi connectivity index (χ0) is 12.5. The molecule has 88 valence electrons. The number of carbonyl (C=O) groups excluding carboxylic acids is 1. The molecule has 0 aliphatic carbocycles. The average molecular weight is 246 g/mol. The number of aromatic carboxylic acids is 1. The van der Waals surface area contributed by atoms with Crippen molar-refractivity contribution in [2.24, 2.45) is 5.73 Å². The fourth-order valence-corrected chi connectivity index (χ4v) is 1.95. The summed E-state index contributed by atoms with van der Waals surface area (Å²) in [4.78, 5) is 25.0. The van der Waals surface area contributed by atoms with Crippen LogP contribution in [0.25, 0.3) is 0 Å². The van der Waals surface area contributed by atoms with Crippen LogP contribution in [0.15, 0.2) is 0 Å². The van der Waals surface area contributed by atoms with Crippen LogP contribution in [0, 0.1) is 6.92 Å². The first-order chi connectivity index (χ1) is 7.34. The highest BCUT2D eigenvalue weighted by atomic mass is 32.1. The van der Waals surface area contributed by atoms with Crippen molar-refractivity contribution in [3.05, 3.63) is 15.6 Å². The Morgan fingerprint density at radius 3 is 2.38 bits per heavy atom. The Morgan fingerprint density at radius 2 is 2.00 bits per heavy atom. The van der Waals surface area contributed by atoms with Gasteiger partial charge >= 0.3 is 5.97 Å². The van der Waals surface area contributed by atoms with E-state index in [0.717, 1.165) is 0 Å². The Hall–Kier alpha value is -1.51. The van der Waals surface area contributed by atoms with Crippen LogP contribution in [0.4, 0.5) is 0 Å². The van der Waals surface area contributed by atoms with E-state index in [1.165, 1.54) is 6.92 Å². The summed E-state index contributed by atoms with van der Waals surface area (Å²) in [5.74, 6) is -2.28. The number of primary amides is 1. The van der Waals surface area contributed by atoms with Gasteiger partial charge in [0.15, 0.2) is 6.10 Å². The quantitative estimate of drug-likeness (QED) is 0.540. The second-order valence-electron chi connectivity index (χ2n) is 3.06. The predicted molar refractivity (Wildman–Crippen MR) is 54.0 cm³/mol. The topological polar surface area (TPSA) is 134 Å². The largest absolute Gasteiger partial charge is 0.477 e. The van der Waals surface area contributed by atoms with Crippen LogP contribution in [-0.2, 0) is 4.79 Å². The molecule has 0 spiro atoms. The van der Waals surface area contributed by atoms with Crippen LogP contribution in [-0.4, -0.2) is 38.3 Å². The van der Waals surface area contributed by atoms with Gasteiger partial charge in [-0.2, -0.15) is 0 Å². The monoisotopic (exact) mass is 246 g/mol. The third kappa shape index (κ3) is 2.35. The number of aromatic nitrogens is 1. The van der Waals surface area contributed by atoms with Crippen LogP contribution in [0.1, 0.15) is 26.5 Å². The lowest BCUT2D eigenvalue weighted by Crippen LogP contribution is -2.33. The number of amides is 1. The third-order valence-electron chi connectivity index (χ3n) is 1.85. The van der Waals surface area contributed by atoms with Crippen molar-refractivity contribution >= 4 is 23.2 Å². The molecule has 2 atom stereocenters. The summed E-state index contributed by atoms with van der Waals surface area (Å²) in [6.07, 6.45) is -3.40. The minimum atomic E-state index is -1.80. The van der Waals surface area contributed by atoms with Gasteiger partial charge in [-0.05, 0) is 6.92 Å². The molecule has 1 aromatic heterocycles. The number of carboxylic acids is 1. The summed E-state index contributed by atoms with van der Waals surface area (Å²) < 4.78 is 0. The van der Waals surface area contributed by atoms with Gasteiger partial charge in [0.1, 0.15) is 16.0 Å². The molecule has 2 unspecified atom stereocenters. The molecule has 0 bridgehead atoms. The highest BCUT2D eigenvalue weighted by molar-refractivity contribution is 7.13. The third-order valence-corrected chi connectivity index (χ3v) is 3.07. The van der Waals surface area contributed by atoms with E-state index in [1.54, 1.807) is 0 Å². The zero-order valence-corrected chi connectivity index (χ0v) is 9.06. The highest BCUT2D eigenvalue weighted by Crippen LogP contribution is 2.25. The summed E-state index contributed by atoms with van der Waals surface area (Å²) in [5, 5.41) is 27.4. The number of nitrogens with zero attached hydrogens (tertiary/aromatic N) is 1. The number of carboxylic acid groups (broad SMARTS) is 1. The van der Waals surface area contributed by atoms with Crippen LogP contribution in [0.3, 0.4) is 0 Å². The molecule has 0 saturated heterocycles. The second-order valence-corrected chi connectivity index (χ2v) is 4.09. The first-order valence-electron chi connectivity index (χ1n) is 4.20. The van der Waals surface area contributed by atoms with Gasteiger partial charge < -0.3 is 21.1 Å². The number of hydrogen-bond donors (Lipinski definition) is 4. The minimum absolute atomic E-state index is 0.0503. The lowest BCUT2D eigenvalue weighted by molar-refractivity contribution is -0.131. The number of thiazole rings is 1. The van der Waals surface area contributed by atoms with Gasteiger partial charge in [0.25, 0.3) is 0 Å². The Morgan fingerprint density at radius 1 is 1.44 bits per heavy atom. The first-order valence-corrected chi connectivity index (χ1v) is 5.02. The van der Waals surface area contributed by atoms with E-state index in [9.17, 15) is 19.8 Å². The average Bonchev–Trinajstić information content (AvgIpc) is 2.58. The van der Waals surface area contributed by atoms with E-state index in [1.807, 2.05) is 0 Å². The number of hydrogen-bond acceptors (Lipinski definition) is 6. The summed E-state index contributed by atoms with van der Waals surface area (Å²) in [5.41, 5.74) is 5.00. The molecule has 0 aliphatic rings. The number of aliphatic hydroxyl groups is 2. The van der Waals surface area contributed by atoms with E-state index >= 15 is 0 Å². The van der Waals surface area contributed by atoms with Gasteiger partial charge in [0, 0.05) is 0 Å². The molecule has 5 N–H and O–H groups in total. The number of carbonyl (C=O) groups is 2. The Bertz CT molecular complexity index is 430. The number of aliphatic hydroxyl groups excluding tert-OH is 2. The molecule has 7 nitrogen and oxygen atoms in total. The normalized spacial score (nSPS) is 14.4. The van der Waals surface area contributed by atoms with Gasteiger partial charge in [-0.15, -0.1) is 11.3 Å². The molecule has 8 heteroatoms. The predicted octanol–water partition coefficient (Wildman–Crippen LogP) is -0.971. The molecule has 0 radical (unpaired) electrons. The van der Waals surface area contributed by atoms with Crippen molar-refractivity contribution in [1.29, 1.82) is 0 Å². The van der Waals surface area contributed by atoms with E-state index in [-0.39, 0.29) is 15.6 Å². The van der Waals surface area contributed by atoms with Gasteiger partial charge in [-0.25, -0.2) is 9.78 Å². The molecule has 0 aromatic carbocycles. The smallest absolute Gasteiger partial charge is 0.347 e. The summed E-state index contributed by atoms with van der Waals surface area (Å²) >= 11 is 0.693. The molecule has 1 amide bonds. The molecule has 16 heavy (non-hydrogen) atoms. The molecular weight excluding hydrogens is 236 g/mol. The lowest BCUT2D eigenvalue weighted by atomic mass is 10.2. The molecule has 0 fully saturated rings. The van der Waals surface area contributed by atoms with Crippen LogP contribution >= 0.6 is 11.3 Å². The fourth-order valence-electron chi connectivity index (χ4n) is 1.03. The van der Waals surface area contributed by atoms with E-state index < -0.39 is 24.1 Å². The molecular formula is C8H10N2O5S. The molecule has 0 aliphatic heterocycles.